The summed E-state index contributed by atoms with van der Waals surface area (Å²) in [6, 6.07) is 11.8. The van der Waals surface area contributed by atoms with Gasteiger partial charge in [0.25, 0.3) is 9.05 Å². The largest absolute Gasteiger partial charge is 0.496 e. The summed E-state index contributed by atoms with van der Waals surface area (Å²) >= 11 is 0. The van der Waals surface area contributed by atoms with Crippen LogP contribution in [0.2, 0.25) is 0 Å². The van der Waals surface area contributed by atoms with Crippen LogP contribution in [0.1, 0.15) is 11.1 Å². The van der Waals surface area contributed by atoms with Crippen molar-refractivity contribution >= 4 is 19.7 Å². The van der Waals surface area contributed by atoms with Crippen LogP contribution in [0, 0.1) is 6.92 Å². The maximum absolute atomic E-state index is 11.2. The number of hydrogen-bond acceptors (Lipinski definition) is 4. The van der Waals surface area contributed by atoms with E-state index in [1.807, 2.05) is 25.1 Å². The molecular formula is C15H15ClO4S. The fraction of sp³-hybridized carbons (Fsp3) is 0.200. The Bertz CT molecular complexity index is 724. The number of benzene rings is 2. The molecule has 0 spiro atoms. The van der Waals surface area contributed by atoms with E-state index < -0.39 is 9.05 Å². The Labute approximate surface area is 128 Å². The van der Waals surface area contributed by atoms with E-state index in [1.54, 1.807) is 19.2 Å². The molecule has 0 N–H and O–H groups in total. The van der Waals surface area contributed by atoms with Crippen LogP contribution >= 0.6 is 10.7 Å². The van der Waals surface area contributed by atoms with Crippen molar-refractivity contribution in [2.45, 2.75) is 18.4 Å². The van der Waals surface area contributed by atoms with Gasteiger partial charge in [0.1, 0.15) is 18.1 Å². The Kier molecular flexibility index (Phi) is 4.75. The third-order valence-corrected chi connectivity index (χ3v) is 4.31. The molecule has 112 valence electrons. The average molecular weight is 327 g/mol. The van der Waals surface area contributed by atoms with Crippen LogP contribution in [0.15, 0.2) is 47.4 Å². The van der Waals surface area contributed by atoms with E-state index in [2.05, 4.69) is 0 Å². The van der Waals surface area contributed by atoms with Crippen LogP contribution < -0.4 is 9.47 Å². The second-order valence-corrected chi connectivity index (χ2v) is 7.08. The molecule has 0 radical (unpaired) electrons. The summed E-state index contributed by atoms with van der Waals surface area (Å²) in [6.07, 6.45) is 0. The molecule has 2 aromatic carbocycles. The number of rotatable bonds is 5. The highest BCUT2D eigenvalue weighted by molar-refractivity contribution is 8.13. The molecule has 0 amide bonds. The monoisotopic (exact) mass is 326 g/mol. The van der Waals surface area contributed by atoms with Gasteiger partial charge in [0.15, 0.2) is 0 Å². The smallest absolute Gasteiger partial charge is 0.261 e. The van der Waals surface area contributed by atoms with Crippen molar-refractivity contribution in [3.63, 3.8) is 0 Å². The lowest BCUT2D eigenvalue weighted by molar-refractivity contribution is 0.296. The minimum Gasteiger partial charge on any atom is -0.496 e. The molecule has 4 nitrogen and oxygen atoms in total. The molecule has 0 aliphatic carbocycles. The summed E-state index contributed by atoms with van der Waals surface area (Å²) < 4.78 is 33.2. The molecule has 0 saturated heterocycles. The summed E-state index contributed by atoms with van der Waals surface area (Å²) in [5.41, 5.74) is 2.03. The van der Waals surface area contributed by atoms with Gasteiger partial charge in [-0.2, -0.15) is 0 Å². The minimum atomic E-state index is -3.71. The van der Waals surface area contributed by atoms with Crippen molar-refractivity contribution in [1.82, 2.24) is 0 Å². The first-order valence-corrected chi connectivity index (χ1v) is 8.52. The van der Waals surface area contributed by atoms with Gasteiger partial charge in [-0.3, -0.25) is 0 Å². The molecule has 2 aromatic rings. The molecule has 0 aliphatic heterocycles. The molecule has 0 fully saturated rings. The molecule has 0 atom stereocenters. The van der Waals surface area contributed by atoms with E-state index in [4.69, 9.17) is 20.2 Å². The van der Waals surface area contributed by atoms with E-state index in [0.29, 0.717) is 12.4 Å². The summed E-state index contributed by atoms with van der Waals surface area (Å²) in [4.78, 5) is 0.0460. The molecule has 6 heteroatoms. The maximum atomic E-state index is 11.2. The summed E-state index contributed by atoms with van der Waals surface area (Å²) in [5.74, 6) is 1.31. The van der Waals surface area contributed by atoms with Gasteiger partial charge in [0.2, 0.25) is 0 Å². The number of halogens is 1. The van der Waals surface area contributed by atoms with Crippen LogP contribution in [0.3, 0.4) is 0 Å². The molecule has 0 heterocycles. The van der Waals surface area contributed by atoms with Crippen molar-refractivity contribution in [2.24, 2.45) is 0 Å². The van der Waals surface area contributed by atoms with Crippen molar-refractivity contribution in [2.75, 3.05) is 7.11 Å². The highest BCUT2D eigenvalue weighted by atomic mass is 35.7. The lowest BCUT2D eigenvalue weighted by Gasteiger charge is -2.11. The van der Waals surface area contributed by atoms with Crippen molar-refractivity contribution in [3.8, 4) is 11.5 Å². The van der Waals surface area contributed by atoms with E-state index in [0.717, 1.165) is 16.9 Å². The first kappa shape index (κ1) is 15.7. The van der Waals surface area contributed by atoms with Crippen LogP contribution in [-0.4, -0.2) is 15.5 Å². The number of ether oxygens (including phenoxy) is 2. The molecule has 0 aromatic heterocycles. The minimum absolute atomic E-state index is 0.0460. The summed E-state index contributed by atoms with van der Waals surface area (Å²) in [7, 11) is 3.15. The van der Waals surface area contributed by atoms with Crippen LogP contribution in [-0.2, 0) is 15.7 Å². The van der Waals surface area contributed by atoms with Gasteiger partial charge >= 0.3 is 0 Å². The molecule has 0 unspecified atom stereocenters. The Balaban J connectivity index is 2.12. The Morgan fingerprint density at radius 1 is 1.10 bits per heavy atom. The molecule has 0 saturated carbocycles. The molecule has 0 aliphatic rings. The predicted octanol–water partition coefficient (Wildman–Crippen LogP) is 3.51. The van der Waals surface area contributed by atoms with Crippen LogP contribution in [0.25, 0.3) is 0 Å². The van der Waals surface area contributed by atoms with Crippen molar-refractivity contribution in [1.29, 1.82) is 0 Å². The Morgan fingerprint density at radius 2 is 1.76 bits per heavy atom. The van der Waals surface area contributed by atoms with Gasteiger partial charge in [-0.15, -0.1) is 0 Å². The van der Waals surface area contributed by atoms with E-state index in [-0.39, 0.29) is 4.90 Å². The first-order chi connectivity index (χ1) is 9.90. The second kappa shape index (κ2) is 6.37. The normalized spacial score (nSPS) is 11.2. The summed E-state index contributed by atoms with van der Waals surface area (Å²) in [5, 5.41) is 0. The van der Waals surface area contributed by atoms with Gasteiger partial charge in [-0.1, -0.05) is 11.6 Å². The lowest BCUT2D eigenvalue weighted by Crippen LogP contribution is -1.99. The lowest BCUT2D eigenvalue weighted by atomic mass is 10.1. The highest BCUT2D eigenvalue weighted by Crippen LogP contribution is 2.23. The zero-order valence-electron chi connectivity index (χ0n) is 11.7. The number of hydrogen-bond donors (Lipinski definition) is 0. The quantitative estimate of drug-likeness (QED) is 0.789. The highest BCUT2D eigenvalue weighted by Gasteiger charge is 2.10. The molecular weight excluding hydrogens is 312 g/mol. The zero-order valence-corrected chi connectivity index (χ0v) is 13.2. The maximum Gasteiger partial charge on any atom is 0.261 e. The molecule has 21 heavy (non-hydrogen) atoms. The fourth-order valence-corrected chi connectivity index (χ4v) is 2.65. The van der Waals surface area contributed by atoms with Gasteiger partial charge in [-0.05, 0) is 43.3 Å². The van der Waals surface area contributed by atoms with Gasteiger partial charge in [-0.25, -0.2) is 8.42 Å². The number of aryl methyl sites for hydroxylation is 1. The predicted molar refractivity (Wildman–Crippen MR) is 81.5 cm³/mol. The third-order valence-electron chi connectivity index (χ3n) is 2.94. The van der Waals surface area contributed by atoms with Gasteiger partial charge in [0.05, 0.1) is 12.0 Å². The third kappa shape index (κ3) is 4.12. The molecule has 2 rings (SSSR count). The van der Waals surface area contributed by atoms with Crippen molar-refractivity contribution < 1.29 is 17.9 Å². The van der Waals surface area contributed by atoms with Gasteiger partial charge < -0.3 is 9.47 Å². The first-order valence-electron chi connectivity index (χ1n) is 6.21. The zero-order chi connectivity index (χ0) is 15.5. The molecule has 0 bridgehead atoms. The summed E-state index contributed by atoms with van der Waals surface area (Å²) in [6.45, 7) is 2.32. The Morgan fingerprint density at radius 3 is 2.33 bits per heavy atom. The topological polar surface area (TPSA) is 52.6 Å². The van der Waals surface area contributed by atoms with Crippen molar-refractivity contribution in [3.05, 3.63) is 53.6 Å². The SMILES string of the molecule is COc1ccc(C)cc1COc1ccc(S(=O)(=O)Cl)cc1. The van der Waals surface area contributed by atoms with E-state index in [9.17, 15) is 8.42 Å². The standard InChI is InChI=1S/C15H15ClO4S/c1-11-3-8-15(19-2)12(9-11)10-20-13-4-6-14(7-5-13)21(16,17)18/h3-9H,10H2,1-2H3. The van der Waals surface area contributed by atoms with Crippen LogP contribution in [0.5, 0.6) is 11.5 Å². The van der Waals surface area contributed by atoms with Crippen LogP contribution in [0.4, 0.5) is 0 Å². The second-order valence-electron chi connectivity index (χ2n) is 4.51. The fourth-order valence-electron chi connectivity index (χ4n) is 1.88. The Hall–Kier alpha value is -1.72. The number of methoxy groups -OCH3 is 1. The average Bonchev–Trinajstić information content (AvgIpc) is 2.45. The van der Waals surface area contributed by atoms with Gasteiger partial charge in [0, 0.05) is 16.2 Å². The van der Waals surface area contributed by atoms with E-state index >= 15 is 0 Å². The van der Waals surface area contributed by atoms with E-state index in [1.165, 1.54) is 12.1 Å².